The molecule has 1 aliphatic heterocycles. The van der Waals surface area contributed by atoms with Crippen LogP contribution in [0.1, 0.15) is 37.2 Å². The maximum Gasteiger partial charge on any atom is 0.354 e. The van der Waals surface area contributed by atoms with E-state index in [1.807, 2.05) is 54.6 Å². The number of hydrogen-bond donors (Lipinski definition) is 0. The van der Waals surface area contributed by atoms with Crippen LogP contribution in [0.3, 0.4) is 0 Å². The lowest BCUT2D eigenvalue weighted by atomic mass is 9.79. The Labute approximate surface area is 176 Å². The molecule has 4 nitrogen and oxygen atoms in total. The van der Waals surface area contributed by atoms with Crippen molar-refractivity contribution >= 4 is 23.3 Å². The summed E-state index contributed by atoms with van der Waals surface area (Å²) in [6, 6.07) is 15.7. The molecule has 0 unspecified atom stereocenters. The highest BCUT2D eigenvalue weighted by Crippen LogP contribution is 2.45. The van der Waals surface area contributed by atoms with Crippen molar-refractivity contribution in [3.63, 3.8) is 0 Å². The van der Waals surface area contributed by atoms with Crippen molar-refractivity contribution in [3.8, 4) is 5.75 Å². The standard InChI is InChI=1S/C24H24ClNO3/c1-28-19-13-11-18(12-14-19)26-22-6-4-3-5-20(22)21(15-23(26)24(27)29-2)16-7-9-17(25)10-8-16/h7-15,21H,3-6H2,1-2H3/t21-/m1/s1. The molecule has 2 aromatic carbocycles. The number of hydrogen-bond acceptors (Lipinski definition) is 4. The van der Waals surface area contributed by atoms with E-state index in [1.165, 1.54) is 18.4 Å². The third-order valence-corrected chi connectivity index (χ3v) is 5.90. The van der Waals surface area contributed by atoms with Crippen LogP contribution in [0.5, 0.6) is 5.75 Å². The second kappa shape index (κ2) is 8.34. The molecule has 4 rings (SSSR count). The molecular formula is C24H24ClNO3. The lowest BCUT2D eigenvalue weighted by Crippen LogP contribution is -2.34. The highest BCUT2D eigenvalue weighted by molar-refractivity contribution is 6.30. The minimum atomic E-state index is -0.336. The number of nitrogens with zero attached hydrogens (tertiary/aromatic N) is 1. The van der Waals surface area contributed by atoms with Gasteiger partial charge in [0.05, 0.1) is 14.2 Å². The first-order chi connectivity index (χ1) is 14.1. The third kappa shape index (κ3) is 3.77. The molecule has 1 heterocycles. The molecule has 5 heteroatoms. The van der Waals surface area contributed by atoms with Crippen LogP contribution in [0.15, 0.2) is 71.6 Å². The van der Waals surface area contributed by atoms with Crippen molar-refractivity contribution in [2.75, 3.05) is 19.1 Å². The monoisotopic (exact) mass is 409 g/mol. The highest BCUT2D eigenvalue weighted by Gasteiger charge is 2.35. The fourth-order valence-corrected chi connectivity index (χ4v) is 4.37. The molecular weight excluding hydrogens is 386 g/mol. The van der Waals surface area contributed by atoms with Crippen LogP contribution in [0.2, 0.25) is 5.02 Å². The molecule has 0 saturated carbocycles. The first kappa shape index (κ1) is 19.6. The number of allylic oxidation sites excluding steroid dienone is 3. The van der Waals surface area contributed by atoms with Crippen LogP contribution in [-0.2, 0) is 9.53 Å². The summed E-state index contributed by atoms with van der Waals surface area (Å²) in [7, 11) is 3.08. The van der Waals surface area contributed by atoms with E-state index in [2.05, 4.69) is 4.90 Å². The van der Waals surface area contributed by atoms with E-state index in [0.29, 0.717) is 10.7 Å². The summed E-state index contributed by atoms with van der Waals surface area (Å²) in [5, 5.41) is 0.708. The van der Waals surface area contributed by atoms with Crippen molar-refractivity contribution in [2.24, 2.45) is 0 Å². The number of anilines is 1. The van der Waals surface area contributed by atoms with E-state index in [4.69, 9.17) is 21.1 Å². The van der Waals surface area contributed by atoms with Crippen molar-refractivity contribution < 1.29 is 14.3 Å². The van der Waals surface area contributed by atoms with Gasteiger partial charge in [0.1, 0.15) is 11.4 Å². The van der Waals surface area contributed by atoms with Gasteiger partial charge in [0, 0.05) is 22.3 Å². The summed E-state index contributed by atoms with van der Waals surface area (Å²) in [5.74, 6) is 0.495. The molecule has 1 atom stereocenters. The first-order valence-electron chi connectivity index (χ1n) is 9.84. The summed E-state index contributed by atoms with van der Waals surface area (Å²) in [5.41, 5.74) is 5.19. The number of ether oxygens (including phenoxy) is 2. The zero-order chi connectivity index (χ0) is 20.4. The van der Waals surface area contributed by atoms with Crippen LogP contribution in [-0.4, -0.2) is 20.2 Å². The van der Waals surface area contributed by atoms with Gasteiger partial charge in [0.25, 0.3) is 0 Å². The quantitative estimate of drug-likeness (QED) is 0.595. The molecule has 1 aliphatic carbocycles. The molecule has 2 aliphatic rings. The average molecular weight is 410 g/mol. The van der Waals surface area contributed by atoms with Crippen LogP contribution in [0, 0.1) is 0 Å². The van der Waals surface area contributed by atoms with Gasteiger partial charge >= 0.3 is 5.97 Å². The van der Waals surface area contributed by atoms with Gasteiger partial charge in [-0.2, -0.15) is 0 Å². The molecule has 0 fully saturated rings. The second-order valence-electron chi connectivity index (χ2n) is 7.29. The van der Waals surface area contributed by atoms with Gasteiger partial charge in [-0.25, -0.2) is 4.79 Å². The predicted molar refractivity (Wildman–Crippen MR) is 115 cm³/mol. The lowest BCUT2D eigenvalue weighted by Gasteiger charge is -2.39. The van der Waals surface area contributed by atoms with Crippen molar-refractivity contribution in [1.82, 2.24) is 0 Å². The zero-order valence-electron chi connectivity index (χ0n) is 16.7. The van der Waals surface area contributed by atoms with Crippen LogP contribution in [0.4, 0.5) is 5.69 Å². The van der Waals surface area contributed by atoms with Crippen molar-refractivity contribution in [3.05, 3.63) is 82.2 Å². The summed E-state index contributed by atoms with van der Waals surface area (Å²) >= 11 is 6.10. The summed E-state index contributed by atoms with van der Waals surface area (Å²) in [6.45, 7) is 0. The Morgan fingerprint density at radius 3 is 2.34 bits per heavy atom. The largest absolute Gasteiger partial charge is 0.497 e. The maximum atomic E-state index is 12.8. The molecule has 0 N–H and O–H groups in total. The molecule has 0 bridgehead atoms. The molecule has 0 spiro atoms. The minimum absolute atomic E-state index is 0.0474. The van der Waals surface area contributed by atoms with E-state index in [-0.39, 0.29) is 11.9 Å². The van der Waals surface area contributed by atoms with Crippen LogP contribution in [0.25, 0.3) is 0 Å². The van der Waals surface area contributed by atoms with E-state index < -0.39 is 0 Å². The number of rotatable bonds is 4. The maximum absolute atomic E-state index is 12.8. The molecule has 0 aromatic heterocycles. The van der Waals surface area contributed by atoms with E-state index >= 15 is 0 Å². The summed E-state index contributed by atoms with van der Waals surface area (Å²) in [6.07, 6.45) is 6.23. The molecule has 0 amide bonds. The molecule has 2 aromatic rings. The van der Waals surface area contributed by atoms with Gasteiger partial charge < -0.3 is 14.4 Å². The second-order valence-corrected chi connectivity index (χ2v) is 7.72. The van der Waals surface area contributed by atoms with E-state index in [1.54, 1.807) is 7.11 Å². The van der Waals surface area contributed by atoms with Crippen molar-refractivity contribution in [1.29, 1.82) is 0 Å². The fraction of sp³-hybridized carbons (Fsp3) is 0.292. The summed E-state index contributed by atoms with van der Waals surface area (Å²) in [4.78, 5) is 14.8. The lowest BCUT2D eigenvalue weighted by molar-refractivity contribution is -0.136. The number of halogens is 1. The van der Waals surface area contributed by atoms with Gasteiger partial charge in [-0.3, -0.25) is 0 Å². The highest BCUT2D eigenvalue weighted by atomic mass is 35.5. The molecule has 0 saturated heterocycles. The number of benzene rings is 2. The normalized spacial score (nSPS) is 18.8. The number of carbonyl (C=O) groups is 1. The van der Waals surface area contributed by atoms with Gasteiger partial charge in [0.2, 0.25) is 0 Å². The van der Waals surface area contributed by atoms with E-state index in [0.717, 1.165) is 42.7 Å². The van der Waals surface area contributed by atoms with Crippen LogP contribution < -0.4 is 9.64 Å². The van der Waals surface area contributed by atoms with E-state index in [9.17, 15) is 4.79 Å². The number of methoxy groups -OCH3 is 2. The first-order valence-corrected chi connectivity index (χ1v) is 10.2. The molecule has 29 heavy (non-hydrogen) atoms. The Morgan fingerprint density at radius 2 is 1.69 bits per heavy atom. The minimum Gasteiger partial charge on any atom is -0.497 e. The number of esters is 1. The Morgan fingerprint density at radius 1 is 1.00 bits per heavy atom. The smallest absolute Gasteiger partial charge is 0.354 e. The summed E-state index contributed by atoms with van der Waals surface area (Å²) < 4.78 is 10.4. The Hall–Kier alpha value is -2.72. The Bertz CT molecular complexity index is 961. The van der Waals surface area contributed by atoms with Crippen LogP contribution >= 0.6 is 11.6 Å². The topological polar surface area (TPSA) is 38.8 Å². The molecule has 150 valence electrons. The predicted octanol–water partition coefficient (Wildman–Crippen LogP) is 5.84. The number of carbonyl (C=O) groups excluding carboxylic acids is 1. The van der Waals surface area contributed by atoms with Crippen molar-refractivity contribution in [2.45, 2.75) is 31.6 Å². The Balaban J connectivity index is 1.85. The SMILES string of the molecule is COC(=O)C1=C[C@H](c2ccc(Cl)cc2)C2=C(CCCC2)N1c1ccc(OC)cc1. The fourth-order valence-electron chi connectivity index (χ4n) is 4.24. The van der Waals surface area contributed by atoms with Gasteiger partial charge in [-0.15, -0.1) is 0 Å². The Kier molecular flexibility index (Phi) is 5.63. The molecule has 0 radical (unpaired) electrons. The van der Waals surface area contributed by atoms with Gasteiger partial charge in [0.15, 0.2) is 0 Å². The third-order valence-electron chi connectivity index (χ3n) is 5.65. The zero-order valence-corrected chi connectivity index (χ0v) is 17.4. The van der Waals surface area contributed by atoms with Gasteiger partial charge in [-0.1, -0.05) is 23.7 Å². The average Bonchev–Trinajstić information content (AvgIpc) is 2.78. The van der Waals surface area contributed by atoms with Gasteiger partial charge in [-0.05, 0) is 79.3 Å².